The van der Waals surface area contributed by atoms with E-state index in [0.29, 0.717) is 11.4 Å². The van der Waals surface area contributed by atoms with E-state index in [1.54, 1.807) is 12.4 Å². The first-order valence-electron chi connectivity index (χ1n) is 8.14. The number of nitrogens with zero attached hydrogens (tertiary/aromatic N) is 4. The molecule has 1 amide bonds. The third-order valence-electron chi connectivity index (χ3n) is 3.84. The molecule has 0 aliphatic heterocycles. The minimum Gasteiger partial charge on any atom is -0.347 e. The van der Waals surface area contributed by atoms with Gasteiger partial charge in [0.25, 0.3) is 5.91 Å². The average Bonchev–Trinajstić information content (AvgIpc) is 3.10. The number of carbonyl (C=O) groups is 1. The van der Waals surface area contributed by atoms with E-state index in [0.717, 1.165) is 27.7 Å². The molecule has 3 aromatic heterocycles. The molecule has 3 heterocycles. The summed E-state index contributed by atoms with van der Waals surface area (Å²) in [5, 5.41) is 8.29. The molecule has 130 valence electrons. The van der Waals surface area contributed by atoms with Gasteiger partial charge < -0.3 is 5.32 Å². The lowest BCUT2D eigenvalue weighted by atomic mass is 10.3. The van der Waals surface area contributed by atoms with Crippen LogP contribution in [0.4, 0.5) is 0 Å². The summed E-state index contributed by atoms with van der Waals surface area (Å²) in [6.07, 6.45) is 3.48. The van der Waals surface area contributed by atoms with Crippen LogP contribution in [0.2, 0.25) is 0 Å². The van der Waals surface area contributed by atoms with Crippen LogP contribution in [0, 0.1) is 20.8 Å². The van der Waals surface area contributed by atoms with E-state index in [2.05, 4.69) is 20.4 Å². The van der Waals surface area contributed by atoms with E-state index >= 15 is 0 Å². The van der Waals surface area contributed by atoms with Crippen molar-refractivity contribution in [1.29, 1.82) is 0 Å². The number of amides is 1. The van der Waals surface area contributed by atoms with E-state index in [1.165, 1.54) is 11.3 Å². The first-order valence-corrected chi connectivity index (χ1v) is 8.95. The van der Waals surface area contributed by atoms with Crippen LogP contribution in [0.5, 0.6) is 0 Å². The molecule has 0 bridgehead atoms. The zero-order valence-corrected chi connectivity index (χ0v) is 15.6. The number of aromatic nitrogens is 4. The van der Waals surface area contributed by atoms with Gasteiger partial charge in [-0.2, -0.15) is 5.10 Å². The van der Waals surface area contributed by atoms with Crippen LogP contribution in [-0.2, 0) is 6.54 Å². The lowest BCUT2D eigenvalue weighted by molar-refractivity contribution is 0.0939. The first kappa shape index (κ1) is 17.3. The predicted molar refractivity (Wildman–Crippen MR) is 98.7 cm³/mol. The van der Waals surface area contributed by atoms with Crippen LogP contribution in [-0.4, -0.2) is 31.7 Å². The first-order chi connectivity index (χ1) is 11.9. The summed E-state index contributed by atoms with van der Waals surface area (Å²) in [4.78, 5) is 21.9. The number of aryl methyl sites for hydroxylation is 3. The molecular weight excluding hydrogens is 334 g/mol. The van der Waals surface area contributed by atoms with E-state index in [1.807, 2.05) is 50.6 Å². The molecule has 0 unspecified atom stereocenters. The number of nitrogens with one attached hydrogen (secondary N) is 1. The molecule has 3 aromatic rings. The van der Waals surface area contributed by atoms with Gasteiger partial charge in [-0.15, -0.1) is 11.3 Å². The lowest BCUT2D eigenvalue weighted by Crippen LogP contribution is -2.36. The molecule has 25 heavy (non-hydrogen) atoms. The van der Waals surface area contributed by atoms with Gasteiger partial charge in [0.1, 0.15) is 9.88 Å². The van der Waals surface area contributed by atoms with Crippen LogP contribution in [0.3, 0.4) is 0 Å². The topological polar surface area (TPSA) is 72.7 Å². The average molecular weight is 355 g/mol. The highest BCUT2D eigenvalue weighted by molar-refractivity contribution is 7.17. The maximum atomic E-state index is 12.6. The number of rotatable bonds is 5. The van der Waals surface area contributed by atoms with Crippen molar-refractivity contribution in [3.63, 3.8) is 0 Å². The quantitative estimate of drug-likeness (QED) is 0.763. The number of carbonyl (C=O) groups excluding carboxylic acids is 1. The largest absolute Gasteiger partial charge is 0.347 e. The van der Waals surface area contributed by atoms with Gasteiger partial charge in [-0.3, -0.25) is 14.5 Å². The zero-order valence-electron chi connectivity index (χ0n) is 14.8. The van der Waals surface area contributed by atoms with Crippen molar-refractivity contribution in [2.24, 2.45) is 0 Å². The fourth-order valence-electron chi connectivity index (χ4n) is 2.67. The molecule has 1 atom stereocenters. The van der Waals surface area contributed by atoms with Crippen LogP contribution in [0.15, 0.2) is 30.6 Å². The smallest absolute Gasteiger partial charge is 0.263 e. The summed E-state index contributed by atoms with van der Waals surface area (Å²) in [5.74, 6) is -0.0980. The van der Waals surface area contributed by atoms with Crippen molar-refractivity contribution in [3.05, 3.63) is 52.6 Å². The van der Waals surface area contributed by atoms with Crippen molar-refractivity contribution in [2.45, 2.75) is 40.3 Å². The second-order valence-corrected chi connectivity index (χ2v) is 7.16. The zero-order chi connectivity index (χ0) is 18.0. The van der Waals surface area contributed by atoms with Gasteiger partial charge >= 0.3 is 0 Å². The van der Waals surface area contributed by atoms with E-state index < -0.39 is 0 Å². The predicted octanol–water partition coefficient (Wildman–Crippen LogP) is 3.15. The van der Waals surface area contributed by atoms with Gasteiger partial charge in [0.15, 0.2) is 0 Å². The Bertz CT molecular complexity index is 884. The molecule has 6 nitrogen and oxygen atoms in total. The third-order valence-corrected chi connectivity index (χ3v) is 5.04. The standard InChI is InChI=1S/C18H21N5OS/c1-11-8-13(3)23(22-11)10-12(2)20-17(24)16-14(4)21-18(25-16)15-6-5-7-19-9-15/h5-9,12H,10H2,1-4H3,(H,20,24)/t12-/m1/s1. The van der Waals surface area contributed by atoms with Crippen molar-refractivity contribution < 1.29 is 4.79 Å². The summed E-state index contributed by atoms with van der Waals surface area (Å²) >= 11 is 1.39. The van der Waals surface area contributed by atoms with Gasteiger partial charge in [0, 0.05) is 29.7 Å². The second-order valence-electron chi connectivity index (χ2n) is 6.16. The highest BCUT2D eigenvalue weighted by Crippen LogP contribution is 2.27. The third kappa shape index (κ3) is 3.93. The Labute approximate surface area is 150 Å². The molecule has 0 aliphatic rings. The molecule has 0 radical (unpaired) electrons. The molecule has 0 spiro atoms. The van der Waals surface area contributed by atoms with Crippen LogP contribution in [0.25, 0.3) is 10.6 Å². The molecular formula is C18H21N5OS. The van der Waals surface area contributed by atoms with Crippen LogP contribution >= 0.6 is 11.3 Å². The van der Waals surface area contributed by atoms with Gasteiger partial charge in [0.2, 0.25) is 0 Å². The fourth-order valence-corrected chi connectivity index (χ4v) is 3.63. The van der Waals surface area contributed by atoms with E-state index in [-0.39, 0.29) is 11.9 Å². The Kier molecular flexibility index (Phi) is 4.94. The minimum absolute atomic E-state index is 0.0335. The van der Waals surface area contributed by atoms with Crippen LogP contribution < -0.4 is 5.32 Å². The van der Waals surface area contributed by atoms with Crippen molar-refractivity contribution >= 4 is 17.2 Å². The normalized spacial score (nSPS) is 12.2. The Balaban J connectivity index is 1.71. The Hall–Kier alpha value is -2.54. The number of pyridine rings is 1. The molecule has 0 fully saturated rings. The van der Waals surface area contributed by atoms with E-state index in [4.69, 9.17) is 0 Å². The maximum absolute atomic E-state index is 12.6. The highest BCUT2D eigenvalue weighted by Gasteiger charge is 2.18. The number of thiazole rings is 1. The number of hydrogen-bond donors (Lipinski definition) is 1. The van der Waals surface area contributed by atoms with Crippen molar-refractivity contribution in [3.8, 4) is 10.6 Å². The lowest BCUT2D eigenvalue weighted by Gasteiger charge is -2.14. The van der Waals surface area contributed by atoms with Gasteiger partial charge in [-0.1, -0.05) is 0 Å². The monoisotopic (exact) mass is 355 g/mol. The number of hydrogen-bond acceptors (Lipinski definition) is 5. The fraction of sp³-hybridized carbons (Fsp3) is 0.333. The molecule has 7 heteroatoms. The van der Waals surface area contributed by atoms with Crippen molar-refractivity contribution in [1.82, 2.24) is 25.1 Å². The molecule has 0 saturated carbocycles. The summed E-state index contributed by atoms with van der Waals surface area (Å²) in [6.45, 7) is 8.46. The van der Waals surface area contributed by atoms with Gasteiger partial charge in [-0.25, -0.2) is 4.98 Å². The van der Waals surface area contributed by atoms with Gasteiger partial charge in [-0.05, 0) is 45.9 Å². The van der Waals surface area contributed by atoms with E-state index in [9.17, 15) is 4.79 Å². The Morgan fingerprint density at radius 3 is 2.80 bits per heavy atom. The molecule has 0 aliphatic carbocycles. The highest BCUT2D eigenvalue weighted by atomic mass is 32.1. The molecule has 0 aromatic carbocycles. The van der Waals surface area contributed by atoms with Gasteiger partial charge in [0.05, 0.1) is 17.9 Å². The maximum Gasteiger partial charge on any atom is 0.263 e. The summed E-state index contributed by atoms with van der Waals surface area (Å²) < 4.78 is 1.92. The molecule has 0 saturated heterocycles. The summed E-state index contributed by atoms with van der Waals surface area (Å²) in [6, 6.07) is 5.80. The van der Waals surface area contributed by atoms with Crippen molar-refractivity contribution in [2.75, 3.05) is 0 Å². The minimum atomic E-state index is -0.0980. The molecule has 3 rings (SSSR count). The SMILES string of the molecule is Cc1cc(C)n(C[C@@H](C)NC(=O)c2sc(-c3cccnc3)nc2C)n1. The Morgan fingerprint density at radius 1 is 1.36 bits per heavy atom. The second kappa shape index (κ2) is 7.14. The Morgan fingerprint density at radius 2 is 2.16 bits per heavy atom. The molecule has 1 N–H and O–H groups in total. The summed E-state index contributed by atoms with van der Waals surface area (Å²) in [7, 11) is 0. The summed E-state index contributed by atoms with van der Waals surface area (Å²) in [5.41, 5.74) is 3.73. The van der Waals surface area contributed by atoms with Crippen LogP contribution in [0.1, 0.15) is 33.7 Å².